The zero-order valence-electron chi connectivity index (χ0n) is 11.2. The summed E-state index contributed by atoms with van der Waals surface area (Å²) in [5.74, 6) is 0. The standard InChI is InChI=1S/C14H20BrClN2O/c1-2-18-5-6-19-13(10-18)9-17-8-11-3-4-12(16)7-14(11)15/h3-4,7,13,17H,2,5-6,8-10H2,1H3. The molecule has 1 heterocycles. The Labute approximate surface area is 128 Å². The van der Waals surface area contributed by atoms with Gasteiger partial charge in [0.1, 0.15) is 0 Å². The fraction of sp³-hybridized carbons (Fsp3) is 0.571. The maximum Gasteiger partial charge on any atom is 0.0826 e. The number of rotatable bonds is 5. The number of halogens is 2. The van der Waals surface area contributed by atoms with Gasteiger partial charge in [0.15, 0.2) is 0 Å². The molecule has 0 saturated carbocycles. The van der Waals surface area contributed by atoms with Gasteiger partial charge in [-0.25, -0.2) is 0 Å². The van der Waals surface area contributed by atoms with Crippen LogP contribution in [0.15, 0.2) is 22.7 Å². The van der Waals surface area contributed by atoms with E-state index in [9.17, 15) is 0 Å². The van der Waals surface area contributed by atoms with Gasteiger partial charge >= 0.3 is 0 Å². The Kier molecular flexibility index (Phi) is 6.10. The highest BCUT2D eigenvalue weighted by Crippen LogP contribution is 2.21. The molecule has 1 aliphatic rings. The van der Waals surface area contributed by atoms with Crippen molar-refractivity contribution in [2.24, 2.45) is 0 Å². The minimum Gasteiger partial charge on any atom is -0.374 e. The molecule has 5 heteroatoms. The van der Waals surface area contributed by atoms with E-state index in [4.69, 9.17) is 16.3 Å². The van der Waals surface area contributed by atoms with E-state index >= 15 is 0 Å². The lowest BCUT2D eigenvalue weighted by atomic mass is 10.2. The van der Waals surface area contributed by atoms with Gasteiger partial charge in [-0.1, -0.05) is 40.5 Å². The molecule has 1 unspecified atom stereocenters. The second-order valence-corrected chi connectivity index (χ2v) is 6.04. The molecule has 1 N–H and O–H groups in total. The summed E-state index contributed by atoms with van der Waals surface area (Å²) in [4.78, 5) is 2.42. The number of ether oxygens (including phenoxy) is 1. The summed E-state index contributed by atoms with van der Waals surface area (Å²) in [7, 11) is 0. The van der Waals surface area contributed by atoms with Gasteiger partial charge in [-0.3, -0.25) is 4.90 Å². The van der Waals surface area contributed by atoms with Crippen molar-refractivity contribution in [3.63, 3.8) is 0 Å². The molecule has 19 heavy (non-hydrogen) atoms. The molecule has 3 nitrogen and oxygen atoms in total. The van der Waals surface area contributed by atoms with Crippen LogP contribution in [0.4, 0.5) is 0 Å². The van der Waals surface area contributed by atoms with Gasteiger partial charge in [-0.05, 0) is 24.2 Å². The molecular formula is C14H20BrClN2O. The number of likely N-dealkylation sites (N-methyl/N-ethyl adjacent to an activating group) is 1. The maximum atomic E-state index is 5.93. The number of nitrogens with one attached hydrogen (secondary N) is 1. The first-order valence-corrected chi connectivity index (χ1v) is 7.84. The van der Waals surface area contributed by atoms with Crippen molar-refractivity contribution in [3.05, 3.63) is 33.3 Å². The monoisotopic (exact) mass is 346 g/mol. The summed E-state index contributed by atoms with van der Waals surface area (Å²) in [6.07, 6.45) is 0.291. The average Bonchev–Trinajstić information content (AvgIpc) is 2.41. The molecule has 1 fully saturated rings. The Morgan fingerprint density at radius 2 is 2.37 bits per heavy atom. The second kappa shape index (κ2) is 7.60. The molecule has 0 spiro atoms. The summed E-state index contributed by atoms with van der Waals surface area (Å²) in [5, 5.41) is 4.21. The van der Waals surface area contributed by atoms with Crippen molar-refractivity contribution in [1.29, 1.82) is 0 Å². The Bertz CT molecular complexity index is 416. The molecule has 1 saturated heterocycles. The van der Waals surface area contributed by atoms with Crippen LogP contribution in [-0.4, -0.2) is 43.8 Å². The van der Waals surface area contributed by atoms with Gasteiger partial charge in [-0.2, -0.15) is 0 Å². The summed E-state index contributed by atoms with van der Waals surface area (Å²) < 4.78 is 6.81. The molecule has 0 amide bonds. The van der Waals surface area contributed by atoms with Gasteiger partial charge in [0, 0.05) is 35.7 Å². The lowest BCUT2D eigenvalue weighted by molar-refractivity contribution is -0.0253. The van der Waals surface area contributed by atoms with E-state index in [-0.39, 0.29) is 0 Å². The molecule has 2 rings (SSSR count). The first-order chi connectivity index (χ1) is 9.19. The second-order valence-electron chi connectivity index (χ2n) is 4.75. The van der Waals surface area contributed by atoms with Crippen LogP contribution in [0.25, 0.3) is 0 Å². The van der Waals surface area contributed by atoms with Crippen LogP contribution < -0.4 is 5.32 Å². The van der Waals surface area contributed by atoms with Gasteiger partial charge < -0.3 is 10.1 Å². The van der Waals surface area contributed by atoms with Crippen LogP contribution >= 0.6 is 27.5 Å². The van der Waals surface area contributed by atoms with Crippen molar-refractivity contribution in [3.8, 4) is 0 Å². The van der Waals surface area contributed by atoms with Crippen LogP contribution in [0.3, 0.4) is 0 Å². The zero-order chi connectivity index (χ0) is 13.7. The lowest BCUT2D eigenvalue weighted by Gasteiger charge is -2.32. The predicted molar refractivity (Wildman–Crippen MR) is 82.7 cm³/mol. The molecule has 106 valence electrons. The fourth-order valence-corrected chi connectivity index (χ4v) is 3.05. The Hall–Kier alpha value is -0.130. The van der Waals surface area contributed by atoms with Crippen LogP contribution in [0.1, 0.15) is 12.5 Å². The summed E-state index contributed by atoms with van der Waals surface area (Å²) in [5.41, 5.74) is 1.22. The molecule has 0 aliphatic carbocycles. The largest absolute Gasteiger partial charge is 0.374 e. The van der Waals surface area contributed by atoms with Gasteiger partial charge in [-0.15, -0.1) is 0 Å². The zero-order valence-corrected chi connectivity index (χ0v) is 13.5. The highest BCUT2D eigenvalue weighted by Gasteiger charge is 2.18. The Morgan fingerprint density at radius 3 is 3.11 bits per heavy atom. The number of benzene rings is 1. The van der Waals surface area contributed by atoms with Gasteiger partial charge in [0.25, 0.3) is 0 Å². The van der Waals surface area contributed by atoms with Crippen molar-refractivity contribution in [2.45, 2.75) is 19.6 Å². The summed E-state index contributed by atoms with van der Waals surface area (Å²) in [6, 6.07) is 5.88. The third kappa shape index (κ3) is 4.72. The predicted octanol–water partition coefficient (Wildman–Crippen LogP) is 2.91. The molecule has 1 aromatic carbocycles. The molecule has 0 aromatic heterocycles. The lowest BCUT2D eigenvalue weighted by Crippen LogP contribution is -2.46. The van der Waals surface area contributed by atoms with E-state index in [0.29, 0.717) is 6.10 Å². The molecular weight excluding hydrogens is 328 g/mol. The van der Waals surface area contributed by atoms with E-state index in [1.165, 1.54) is 5.56 Å². The van der Waals surface area contributed by atoms with Crippen molar-refractivity contribution >= 4 is 27.5 Å². The normalized spacial score (nSPS) is 20.7. The number of hydrogen-bond acceptors (Lipinski definition) is 3. The average molecular weight is 348 g/mol. The highest BCUT2D eigenvalue weighted by atomic mass is 79.9. The first-order valence-electron chi connectivity index (χ1n) is 6.67. The molecule has 0 radical (unpaired) electrons. The number of hydrogen-bond donors (Lipinski definition) is 1. The van der Waals surface area contributed by atoms with Crippen LogP contribution in [0.2, 0.25) is 5.02 Å². The minimum absolute atomic E-state index is 0.291. The van der Waals surface area contributed by atoms with Crippen LogP contribution in [0, 0.1) is 0 Å². The van der Waals surface area contributed by atoms with E-state index in [1.54, 1.807) is 0 Å². The van der Waals surface area contributed by atoms with E-state index in [1.807, 2.05) is 18.2 Å². The molecule has 1 aliphatic heterocycles. The molecule has 1 aromatic rings. The quantitative estimate of drug-likeness (QED) is 0.886. The fourth-order valence-electron chi connectivity index (χ4n) is 2.22. The smallest absolute Gasteiger partial charge is 0.0826 e. The maximum absolute atomic E-state index is 5.93. The van der Waals surface area contributed by atoms with Crippen molar-refractivity contribution in [2.75, 3.05) is 32.8 Å². The van der Waals surface area contributed by atoms with E-state index < -0.39 is 0 Å². The topological polar surface area (TPSA) is 24.5 Å². The van der Waals surface area contributed by atoms with Crippen LogP contribution in [-0.2, 0) is 11.3 Å². The highest BCUT2D eigenvalue weighted by molar-refractivity contribution is 9.10. The molecule has 0 bridgehead atoms. The summed E-state index contributed by atoms with van der Waals surface area (Å²) in [6.45, 7) is 7.91. The Morgan fingerprint density at radius 1 is 1.53 bits per heavy atom. The Balaban J connectivity index is 1.76. The van der Waals surface area contributed by atoms with Gasteiger partial charge in [0.2, 0.25) is 0 Å². The van der Waals surface area contributed by atoms with Gasteiger partial charge in [0.05, 0.1) is 12.7 Å². The SMILES string of the molecule is CCN1CCOC(CNCc2ccc(Cl)cc2Br)C1. The third-order valence-corrected chi connectivity index (χ3v) is 4.35. The minimum atomic E-state index is 0.291. The molecule has 1 atom stereocenters. The van der Waals surface area contributed by atoms with E-state index in [0.717, 1.165) is 48.8 Å². The van der Waals surface area contributed by atoms with Crippen LogP contribution in [0.5, 0.6) is 0 Å². The number of morpholine rings is 1. The first kappa shape index (κ1) is 15.3. The van der Waals surface area contributed by atoms with E-state index in [2.05, 4.69) is 33.1 Å². The van der Waals surface area contributed by atoms with Crippen molar-refractivity contribution < 1.29 is 4.74 Å². The third-order valence-electron chi connectivity index (χ3n) is 3.37. The summed E-state index contributed by atoms with van der Waals surface area (Å²) >= 11 is 9.46. The number of nitrogens with zero attached hydrogens (tertiary/aromatic N) is 1. The van der Waals surface area contributed by atoms with Crippen molar-refractivity contribution in [1.82, 2.24) is 10.2 Å².